The van der Waals surface area contributed by atoms with Gasteiger partial charge in [-0.25, -0.2) is 19.0 Å². The van der Waals surface area contributed by atoms with Crippen LogP contribution in [-0.2, 0) is 12.4 Å². The predicted octanol–water partition coefficient (Wildman–Crippen LogP) is 8.73. The molecule has 4 aliphatic heterocycles. The standard InChI is InChI=1S/2C34H40F3N7O3/c2*1-22-20-42(29(21-45)25-6-5-7-26(18-25)41-14-12-40(3)13-15-41)16-17-43(22)33(46)28-19-38-44-31(34(35,36)37)23(2)30(39-32(28)44)24-8-10-27(47-4)11-9-24/h2*5-11,18-19,22,29,45H,12-17,20-21H2,1-4H3/t22-,29+;22-,29-/m11/s1. The summed E-state index contributed by atoms with van der Waals surface area (Å²) < 4.78 is 98.4. The van der Waals surface area contributed by atoms with E-state index in [1.54, 1.807) is 58.3 Å². The predicted molar refractivity (Wildman–Crippen MR) is 346 cm³/mol. The van der Waals surface area contributed by atoms with Crippen LogP contribution in [0.5, 0.6) is 11.5 Å². The molecule has 0 aliphatic carbocycles. The fourth-order valence-corrected chi connectivity index (χ4v) is 13.5. The number of amides is 2. The number of halogens is 6. The summed E-state index contributed by atoms with van der Waals surface area (Å²) in [6.45, 7) is 16.6. The van der Waals surface area contributed by atoms with E-state index in [-0.39, 0.29) is 82.3 Å². The first-order chi connectivity index (χ1) is 45.0. The molecule has 500 valence electrons. The number of anilines is 2. The van der Waals surface area contributed by atoms with Crippen LogP contribution in [0.4, 0.5) is 37.7 Å². The van der Waals surface area contributed by atoms with Crippen LogP contribution in [-0.4, -0.2) is 226 Å². The van der Waals surface area contributed by atoms with E-state index in [2.05, 4.69) is 87.9 Å². The maximum atomic E-state index is 14.4. The number of carbonyl (C=O) groups is 2. The molecule has 0 unspecified atom stereocenters. The summed E-state index contributed by atoms with van der Waals surface area (Å²) in [4.78, 5) is 54.1. The Labute approximate surface area is 542 Å². The number of fused-ring (bicyclic) bond motifs is 2. The second-order valence-electron chi connectivity index (χ2n) is 24.8. The maximum absolute atomic E-state index is 14.4. The topological polar surface area (TPSA) is 179 Å². The van der Waals surface area contributed by atoms with E-state index in [0.29, 0.717) is 61.9 Å². The van der Waals surface area contributed by atoms with Crippen molar-refractivity contribution in [3.63, 3.8) is 0 Å². The monoisotopic (exact) mass is 1300 g/mol. The van der Waals surface area contributed by atoms with Gasteiger partial charge in [0.15, 0.2) is 22.7 Å². The van der Waals surface area contributed by atoms with Crippen molar-refractivity contribution in [3.05, 3.63) is 154 Å². The van der Waals surface area contributed by atoms with Crippen molar-refractivity contribution in [1.82, 2.24) is 58.6 Å². The molecule has 4 aromatic carbocycles. The van der Waals surface area contributed by atoms with Crippen LogP contribution in [0.25, 0.3) is 33.8 Å². The molecule has 20 nitrogen and oxygen atoms in total. The Morgan fingerprint density at radius 3 is 1.21 bits per heavy atom. The molecular weight excluding hydrogens is 1220 g/mol. The number of aromatic nitrogens is 6. The minimum atomic E-state index is -4.74. The highest BCUT2D eigenvalue weighted by Gasteiger charge is 2.42. The molecule has 0 bridgehead atoms. The van der Waals surface area contributed by atoms with E-state index in [1.807, 2.05) is 38.1 Å². The summed E-state index contributed by atoms with van der Waals surface area (Å²) in [5.74, 6) is 0.246. The second-order valence-corrected chi connectivity index (χ2v) is 24.8. The number of likely N-dealkylation sites (N-methyl/N-ethyl adjacent to an activating group) is 2. The molecule has 4 atom stereocenters. The summed E-state index contributed by atoms with van der Waals surface area (Å²) >= 11 is 0. The average Bonchev–Trinajstić information content (AvgIpc) is 1.51. The van der Waals surface area contributed by atoms with E-state index in [9.17, 15) is 46.1 Å². The number of aliphatic hydroxyl groups is 2. The Bertz CT molecular complexity index is 3730. The van der Waals surface area contributed by atoms with Gasteiger partial charge in [0.25, 0.3) is 11.8 Å². The SMILES string of the molecule is COc1ccc(-c2nc3c(C(=O)N4CCN([C@@H](CO)c5cccc(N6CCN(C)CC6)c5)C[C@H]4C)cnn3c(C(F)(F)F)c2C)cc1.COc1ccc(-c2nc3c(C(=O)N4CCN([C@H](CO)c5cccc(N6CCN(C)CC6)c5)C[C@H]4C)cnn3c(C(F)(F)F)c2C)cc1. The van der Waals surface area contributed by atoms with Gasteiger partial charge >= 0.3 is 12.4 Å². The number of piperazine rings is 4. The molecule has 2 amide bonds. The first-order valence-electron chi connectivity index (χ1n) is 31.6. The number of hydrogen-bond acceptors (Lipinski definition) is 16. The number of benzene rings is 4. The molecule has 0 spiro atoms. The number of ether oxygens (including phenoxy) is 2. The van der Waals surface area contributed by atoms with Crippen molar-refractivity contribution < 1.29 is 55.6 Å². The Hall–Kier alpha value is -8.40. The van der Waals surface area contributed by atoms with Gasteiger partial charge in [-0.2, -0.15) is 36.5 Å². The quantitative estimate of drug-likeness (QED) is 0.0987. The van der Waals surface area contributed by atoms with Crippen molar-refractivity contribution in [1.29, 1.82) is 0 Å². The van der Waals surface area contributed by atoms with Crippen molar-refractivity contribution in [2.45, 2.75) is 64.2 Å². The number of alkyl halides is 6. The third-order valence-electron chi connectivity index (χ3n) is 18.8. The second kappa shape index (κ2) is 27.9. The fourth-order valence-electron chi connectivity index (χ4n) is 13.5. The molecule has 4 fully saturated rings. The molecule has 8 aromatic rings. The highest BCUT2D eigenvalue weighted by Crippen LogP contribution is 2.40. The zero-order valence-corrected chi connectivity index (χ0v) is 54.1. The van der Waals surface area contributed by atoms with Crippen molar-refractivity contribution in [3.8, 4) is 34.0 Å². The van der Waals surface area contributed by atoms with Gasteiger partial charge in [0, 0.05) is 137 Å². The number of carbonyl (C=O) groups excluding carboxylic acids is 2. The van der Waals surface area contributed by atoms with Crippen molar-refractivity contribution in [2.75, 3.05) is 143 Å². The molecule has 8 heterocycles. The lowest BCUT2D eigenvalue weighted by Gasteiger charge is -2.43. The number of aliphatic hydroxyl groups excluding tert-OH is 2. The first-order valence-corrected chi connectivity index (χ1v) is 31.6. The third-order valence-corrected chi connectivity index (χ3v) is 18.8. The molecule has 2 N–H and O–H groups in total. The molecule has 94 heavy (non-hydrogen) atoms. The first kappa shape index (κ1) is 67.0. The van der Waals surface area contributed by atoms with Crippen LogP contribution >= 0.6 is 0 Å². The normalized spacial score (nSPS) is 18.9. The fraction of sp³-hybridized carbons (Fsp3) is 0.441. The average molecular weight is 1300 g/mol. The zero-order chi connectivity index (χ0) is 66.9. The van der Waals surface area contributed by atoms with E-state index in [4.69, 9.17) is 9.47 Å². The molecule has 0 saturated carbocycles. The molecule has 12 rings (SSSR count). The number of rotatable bonds is 14. The highest BCUT2D eigenvalue weighted by atomic mass is 19.4. The van der Waals surface area contributed by atoms with Crippen LogP contribution in [0.2, 0.25) is 0 Å². The molecule has 4 aliphatic rings. The van der Waals surface area contributed by atoms with E-state index in [0.717, 1.165) is 83.9 Å². The molecule has 4 saturated heterocycles. The number of nitrogens with zero attached hydrogens (tertiary/aromatic N) is 14. The maximum Gasteiger partial charge on any atom is 0.433 e. The van der Waals surface area contributed by atoms with Gasteiger partial charge in [-0.3, -0.25) is 19.4 Å². The van der Waals surface area contributed by atoms with E-state index >= 15 is 0 Å². The minimum absolute atomic E-state index is 0.00384. The lowest BCUT2D eigenvalue weighted by molar-refractivity contribution is -0.144. The summed E-state index contributed by atoms with van der Waals surface area (Å²) in [6.07, 6.45) is -7.12. The van der Waals surface area contributed by atoms with Gasteiger partial charge in [0.1, 0.15) is 22.6 Å². The van der Waals surface area contributed by atoms with Crippen LogP contribution in [0, 0.1) is 13.8 Å². The molecule has 26 heteroatoms. The van der Waals surface area contributed by atoms with E-state index in [1.165, 1.54) is 40.5 Å². The Balaban J connectivity index is 0.000000192. The van der Waals surface area contributed by atoms with Gasteiger partial charge in [-0.1, -0.05) is 24.3 Å². The summed E-state index contributed by atoms with van der Waals surface area (Å²) in [5, 5.41) is 29.0. The van der Waals surface area contributed by atoms with Gasteiger partial charge in [0.05, 0.1) is 63.3 Å². The zero-order valence-electron chi connectivity index (χ0n) is 54.1. The lowest BCUT2D eigenvalue weighted by atomic mass is 10.0. The van der Waals surface area contributed by atoms with Crippen LogP contribution < -0.4 is 19.3 Å². The van der Waals surface area contributed by atoms with Crippen molar-refractivity contribution in [2.24, 2.45) is 0 Å². The van der Waals surface area contributed by atoms with Gasteiger partial charge in [-0.15, -0.1) is 0 Å². The minimum Gasteiger partial charge on any atom is -0.497 e. The summed E-state index contributed by atoms with van der Waals surface area (Å²) in [7, 11) is 7.25. The van der Waals surface area contributed by atoms with Crippen LogP contribution in [0.1, 0.15) is 80.3 Å². The largest absolute Gasteiger partial charge is 0.497 e. The van der Waals surface area contributed by atoms with Crippen LogP contribution in [0.3, 0.4) is 0 Å². The lowest BCUT2D eigenvalue weighted by Crippen LogP contribution is -2.55. The Morgan fingerprint density at radius 1 is 0.532 bits per heavy atom. The van der Waals surface area contributed by atoms with E-state index < -0.39 is 35.6 Å². The van der Waals surface area contributed by atoms with Crippen molar-refractivity contribution >= 4 is 34.5 Å². The number of methoxy groups -OCH3 is 2. The Morgan fingerprint density at radius 2 is 0.894 bits per heavy atom. The Kier molecular flexibility index (Phi) is 19.9. The smallest absolute Gasteiger partial charge is 0.433 e. The van der Waals surface area contributed by atoms with Gasteiger partial charge in [0.2, 0.25) is 0 Å². The summed E-state index contributed by atoms with van der Waals surface area (Å²) in [6, 6.07) is 28.6. The summed E-state index contributed by atoms with van der Waals surface area (Å²) in [5.41, 5.74) is 2.98. The molecule has 0 radical (unpaired) electrons. The highest BCUT2D eigenvalue weighted by molar-refractivity contribution is 6.01. The number of hydrogen-bond donors (Lipinski definition) is 2. The molecular formula is C68H80F6N14O6. The third kappa shape index (κ3) is 13.8. The molecule has 4 aromatic heterocycles. The van der Waals surface area contributed by atoms with Gasteiger partial charge < -0.3 is 49.1 Å². The van der Waals surface area contributed by atoms with Gasteiger partial charge in [-0.05, 0) is 126 Å². The van der Waals surface area contributed by atoms with Crippen LogP contribution in [0.15, 0.2) is 109 Å².